The Hall–Kier alpha value is -2.86. The van der Waals surface area contributed by atoms with Gasteiger partial charge in [0.05, 0.1) is 0 Å². The van der Waals surface area contributed by atoms with Gasteiger partial charge in [0.15, 0.2) is 0 Å². The molecule has 0 unspecified atom stereocenters. The molecule has 2 aromatic carbocycles. The summed E-state index contributed by atoms with van der Waals surface area (Å²) in [5.74, 6) is -1.00. The molecule has 1 aliphatic heterocycles. The molecule has 1 fully saturated rings. The lowest BCUT2D eigenvalue weighted by Gasteiger charge is -2.15. The van der Waals surface area contributed by atoms with Crippen molar-refractivity contribution in [2.75, 3.05) is 31.6 Å². The van der Waals surface area contributed by atoms with Crippen molar-refractivity contribution < 1.29 is 14.3 Å². The summed E-state index contributed by atoms with van der Waals surface area (Å²) in [6, 6.07) is 16.2. The van der Waals surface area contributed by atoms with Gasteiger partial charge >= 0.3 is 11.8 Å². The molecule has 1 radical (unpaired) electrons. The molecule has 27 heavy (non-hydrogen) atoms. The van der Waals surface area contributed by atoms with Crippen LogP contribution in [0.4, 0.5) is 5.69 Å². The summed E-state index contributed by atoms with van der Waals surface area (Å²) in [6.07, 6.45) is 3.14. The van der Waals surface area contributed by atoms with Crippen LogP contribution in [0.25, 0.3) is 0 Å². The first-order chi connectivity index (χ1) is 13.1. The zero-order chi connectivity index (χ0) is 19.1. The van der Waals surface area contributed by atoms with E-state index in [0.29, 0.717) is 18.7 Å². The van der Waals surface area contributed by atoms with E-state index in [1.807, 2.05) is 24.3 Å². The number of rotatable bonds is 7. The van der Waals surface area contributed by atoms with Crippen molar-refractivity contribution in [3.8, 4) is 5.75 Å². The molecule has 0 atom stereocenters. The van der Waals surface area contributed by atoms with E-state index >= 15 is 0 Å². The van der Waals surface area contributed by atoms with Crippen LogP contribution in [0.5, 0.6) is 5.75 Å². The molecule has 1 heterocycles. The van der Waals surface area contributed by atoms with E-state index in [1.165, 1.54) is 25.9 Å². The van der Waals surface area contributed by atoms with Crippen LogP contribution in [-0.2, 0) is 16.0 Å². The van der Waals surface area contributed by atoms with Gasteiger partial charge in [-0.15, -0.1) is 0 Å². The monoisotopic (exact) mass is 366 g/mol. The van der Waals surface area contributed by atoms with Gasteiger partial charge in [-0.3, -0.25) is 14.5 Å². The Morgan fingerprint density at radius 3 is 2.59 bits per heavy atom. The Bertz CT molecular complexity index is 784. The number of hydrogen-bond donors (Lipinski definition) is 2. The molecule has 6 nitrogen and oxygen atoms in total. The van der Waals surface area contributed by atoms with Crippen molar-refractivity contribution in [2.24, 2.45) is 5.73 Å². The van der Waals surface area contributed by atoms with Gasteiger partial charge in [0.1, 0.15) is 12.4 Å². The number of carbonyl (C=O) groups excluding carboxylic acids is 2. The number of benzene rings is 2. The Kier molecular flexibility index (Phi) is 6.44. The van der Waals surface area contributed by atoms with Gasteiger partial charge in [0.2, 0.25) is 0 Å². The Morgan fingerprint density at radius 1 is 1.15 bits per heavy atom. The molecule has 2 amide bonds. The first-order valence-corrected chi connectivity index (χ1v) is 9.16. The fourth-order valence-electron chi connectivity index (χ4n) is 3.13. The summed E-state index contributed by atoms with van der Waals surface area (Å²) in [5, 5.41) is 2.52. The van der Waals surface area contributed by atoms with Gasteiger partial charge in [0.25, 0.3) is 0 Å². The highest BCUT2D eigenvalue weighted by Gasteiger charge is 2.12. The van der Waals surface area contributed by atoms with E-state index in [-0.39, 0.29) is 0 Å². The summed E-state index contributed by atoms with van der Waals surface area (Å²) in [7, 11) is 0. The van der Waals surface area contributed by atoms with E-state index in [9.17, 15) is 9.59 Å². The van der Waals surface area contributed by atoms with Crippen LogP contribution in [0.15, 0.2) is 42.5 Å². The molecule has 141 valence electrons. The summed E-state index contributed by atoms with van der Waals surface area (Å²) in [6.45, 7) is 3.99. The molecule has 1 aliphatic rings. The molecule has 0 aliphatic carbocycles. The maximum atomic E-state index is 11.5. The molecule has 0 bridgehead atoms. The maximum absolute atomic E-state index is 11.5. The minimum Gasteiger partial charge on any atom is -0.492 e. The summed E-state index contributed by atoms with van der Waals surface area (Å²) in [4.78, 5) is 24.9. The first kappa shape index (κ1) is 18.9. The molecule has 6 heteroatoms. The SMILES string of the molecule is NC(=O)C(=O)Nc1ccc[c]c1Cc1ccc(OCCN2CCCC2)cc1. The van der Waals surface area contributed by atoms with Crippen molar-refractivity contribution in [3.63, 3.8) is 0 Å². The van der Waals surface area contributed by atoms with Gasteiger partial charge in [-0.25, -0.2) is 0 Å². The smallest absolute Gasteiger partial charge is 0.313 e. The normalized spacial score (nSPS) is 14.1. The van der Waals surface area contributed by atoms with Crippen molar-refractivity contribution in [1.82, 2.24) is 4.90 Å². The number of amides is 2. The number of likely N-dealkylation sites (tertiary alicyclic amines) is 1. The zero-order valence-corrected chi connectivity index (χ0v) is 15.2. The van der Waals surface area contributed by atoms with E-state index in [2.05, 4.69) is 16.3 Å². The zero-order valence-electron chi connectivity index (χ0n) is 15.2. The second kappa shape index (κ2) is 9.19. The Morgan fingerprint density at radius 2 is 1.89 bits per heavy atom. The standard InChI is InChI=1S/C21H24N3O3/c22-20(25)21(26)23-19-6-2-1-5-17(19)15-16-7-9-18(10-8-16)27-14-13-24-11-3-4-12-24/h1-2,6-10H,3-4,11-15H2,(H2,22,25)(H,23,26). The predicted molar refractivity (Wildman–Crippen MR) is 104 cm³/mol. The van der Waals surface area contributed by atoms with Crippen LogP contribution >= 0.6 is 0 Å². The largest absolute Gasteiger partial charge is 0.492 e. The molecule has 1 saturated heterocycles. The van der Waals surface area contributed by atoms with Crippen LogP contribution in [0, 0.1) is 6.07 Å². The van der Waals surface area contributed by atoms with E-state index in [4.69, 9.17) is 10.5 Å². The highest BCUT2D eigenvalue weighted by molar-refractivity contribution is 6.39. The first-order valence-electron chi connectivity index (χ1n) is 9.16. The summed E-state index contributed by atoms with van der Waals surface area (Å²) in [5.41, 5.74) is 7.38. The Balaban J connectivity index is 1.56. The van der Waals surface area contributed by atoms with Crippen molar-refractivity contribution in [2.45, 2.75) is 19.3 Å². The quantitative estimate of drug-likeness (QED) is 0.734. The second-order valence-corrected chi connectivity index (χ2v) is 6.60. The molecule has 3 N–H and O–H groups in total. The van der Waals surface area contributed by atoms with Crippen LogP contribution in [0.3, 0.4) is 0 Å². The number of primary amides is 1. The molecule has 0 spiro atoms. The van der Waals surface area contributed by atoms with Crippen molar-refractivity contribution in [3.05, 3.63) is 59.7 Å². The van der Waals surface area contributed by atoms with Crippen molar-refractivity contribution >= 4 is 17.5 Å². The lowest BCUT2D eigenvalue weighted by Crippen LogP contribution is -2.29. The number of anilines is 1. The predicted octanol–water partition coefficient (Wildman–Crippen LogP) is 1.98. The minimum absolute atomic E-state index is 0.534. The highest BCUT2D eigenvalue weighted by Crippen LogP contribution is 2.20. The van der Waals surface area contributed by atoms with Gasteiger partial charge in [-0.2, -0.15) is 0 Å². The average Bonchev–Trinajstić information content (AvgIpc) is 3.18. The molecule has 0 saturated carbocycles. The van der Waals surface area contributed by atoms with E-state index in [1.54, 1.807) is 18.2 Å². The van der Waals surface area contributed by atoms with Crippen LogP contribution < -0.4 is 15.8 Å². The topological polar surface area (TPSA) is 84.7 Å². The Labute approximate surface area is 159 Å². The third-order valence-corrected chi connectivity index (χ3v) is 4.59. The van der Waals surface area contributed by atoms with Gasteiger partial charge in [0, 0.05) is 18.7 Å². The number of nitrogens with zero attached hydrogens (tertiary/aromatic N) is 1. The average molecular weight is 366 g/mol. The number of nitrogens with one attached hydrogen (secondary N) is 1. The second-order valence-electron chi connectivity index (χ2n) is 6.60. The molecule has 3 rings (SSSR count). The summed E-state index contributed by atoms with van der Waals surface area (Å²) < 4.78 is 5.82. The van der Waals surface area contributed by atoms with Gasteiger partial charge < -0.3 is 15.8 Å². The molecule has 0 aromatic heterocycles. The lowest BCUT2D eigenvalue weighted by molar-refractivity contribution is -0.134. The van der Waals surface area contributed by atoms with Gasteiger partial charge in [-0.1, -0.05) is 24.3 Å². The van der Waals surface area contributed by atoms with Crippen LogP contribution in [-0.4, -0.2) is 43.0 Å². The van der Waals surface area contributed by atoms with Crippen LogP contribution in [0.2, 0.25) is 0 Å². The van der Waals surface area contributed by atoms with E-state index in [0.717, 1.165) is 23.4 Å². The number of carbonyl (C=O) groups is 2. The third-order valence-electron chi connectivity index (χ3n) is 4.59. The fraction of sp³-hybridized carbons (Fsp3) is 0.333. The highest BCUT2D eigenvalue weighted by atomic mass is 16.5. The fourth-order valence-corrected chi connectivity index (χ4v) is 3.13. The number of nitrogens with two attached hydrogens (primary N) is 1. The van der Waals surface area contributed by atoms with Gasteiger partial charge in [-0.05, 0) is 61.3 Å². The molecular weight excluding hydrogens is 342 g/mol. The lowest BCUT2D eigenvalue weighted by atomic mass is 10.0. The minimum atomic E-state index is -1.01. The maximum Gasteiger partial charge on any atom is 0.313 e. The van der Waals surface area contributed by atoms with E-state index < -0.39 is 11.8 Å². The molecular formula is C21H24N3O3. The third kappa shape index (κ3) is 5.56. The van der Waals surface area contributed by atoms with Crippen molar-refractivity contribution in [1.29, 1.82) is 0 Å². The van der Waals surface area contributed by atoms with Crippen LogP contribution in [0.1, 0.15) is 24.0 Å². The summed E-state index contributed by atoms with van der Waals surface area (Å²) >= 11 is 0. The number of hydrogen-bond acceptors (Lipinski definition) is 4. The molecule has 2 aromatic rings. The number of ether oxygens (including phenoxy) is 1.